The first-order chi connectivity index (χ1) is 10.6. The van der Waals surface area contributed by atoms with Crippen LogP contribution in [0.4, 0.5) is 4.79 Å². The lowest BCUT2D eigenvalue weighted by atomic mass is 10.1. The van der Waals surface area contributed by atoms with E-state index >= 15 is 0 Å². The first-order valence-electron chi connectivity index (χ1n) is 7.16. The molecule has 3 rings (SSSR count). The van der Waals surface area contributed by atoms with Crippen molar-refractivity contribution in [2.24, 2.45) is 0 Å². The predicted octanol–water partition coefficient (Wildman–Crippen LogP) is 2.27. The van der Waals surface area contributed by atoms with Crippen LogP contribution in [0.15, 0.2) is 28.7 Å². The van der Waals surface area contributed by atoms with E-state index in [-0.39, 0.29) is 25.8 Å². The third-order valence-corrected chi connectivity index (χ3v) is 3.80. The number of aliphatic hydroxyl groups excluding tert-OH is 1. The first-order valence-corrected chi connectivity index (χ1v) is 7.16. The number of oxazole rings is 1. The fourth-order valence-electron chi connectivity index (χ4n) is 2.39. The summed E-state index contributed by atoms with van der Waals surface area (Å²) >= 11 is 0. The largest absolute Gasteiger partial charge is 0.447 e. The molecule has 1 fully saturated rings. The summed E-state index contributed by atoms with van der Waals surface area (Å²) in [5.41, 5.74) is 2.73. The molecule has 2 heterocycles. The van der Waals surface area contributed by atoms with Gasteiger partial charge in [0.05, 0.1) is 19.2 Å². The van der Waals surface area contributed by atoms with Crippen molar-refractivity contribution in [2.45, 2.75) is 26.4 Å². The summed E-state index contributed by atoms with van der Waals surface area (Å²) in [6, 6.07) is 7.56. The molecule has 1 aliphatic rings. The monoisotopic (exact) mass is 302 g/mol. The van der Waals surface area contributed by atoms with Gasteiger partial charge in [0.15, 0.2) is 0 Å². The van der Waals surface area contributed by atoms with Crippen molar-refractivity contribution < 1.29 is 19.1 Å². The van der Waals surface area contributed by atoms with Gasteiger partial charge < -0.3 is 14.3 Å². The predicted molar refractivity (Wildman–Crippen MR) is 79.2 cm³/mol. The smallest absolute Gasteiger partial charge is 0.410 e. The molecule has 1 aromatic heterocycles. The molecule has 1 unspecified atom stereocenters. The average molecular weight is 302 g/mol. The maximum Gasteiger partial charge on any atom is 0.410 e. The molecule has 2 aromatic rings. The highest BCUT2D eigenvalue weighted by molar-refractivity contribution is 5.70. The van der Waals surface area contributed by atoms with Gasteiger partial charge >= 0.3 is 6.09 Å². The Kier molecular flexibility index (Phi) is 3.85. The van der Waals surface area contributed by atoms with Crippen molar-refractivity contribution in [2.75, 3.05) is 13.2 Å². The lowest BCUT2D eigenvalue weighted by Crippen LogP contribution is -2.35. The van der Waals surface area contributed by atoms with Crippen LogP contribution in [0.3, 0.4) is 0 Å². The summed E-state index contributed by atoms with van der Waals surface area (Å²) in [5, 5.41) is 9.29. The molecule has 6 nitrogen and oxygen atoms in total. The summed E-state index contributed by atoms with van der Waals surface area (Å²) in [6.07, 6.45) is -0.432. The van der Waals surface area contributed by atoms with Crippen LogP contribution < -0.4 is 0 Å². The van der Waals surface area contributed by atoms with E-state index in [2.05, 4.69) is 4.98 Å². The number of aromatic nitrogens is 1. The second-order valence-electron chi connectivity index (χ2n) is 5.43. The van der Waals surface area contributed by atoms with Gasteiger partial charge in [0.25, 0.3) is 0 Å². The van der Waals surface area contributed by atoms with Crippen molar-refractivity contribution in [3.05, 3.63) is 41.3 Å². The topological polar surface area (TPSA) is 75.8 Å². The van der Waals surface area contributed by atoms with Crippen LogP contribution in [-0.4, -0.2) is 40.3 Å². The molecule has 0 aliphatic carbocycles. The molecule has 1 atom stereocenters. The number of ether oxygens (including phenoxy) is 1. The number of nitrogens with zero attached hydrogens (tertiary/aromatic N) is 2. The molecule has 1 saturated heterocycles. The number of cyclic esters (lactones) is 1. The van der Waals surface area contributed by atoms with Gasteiger partial charge in [-0.15, -0.1) is 0 Å². The average Bonchev–Trinajstić information content (AvgIpc) is 3.04. The number of rotatable bonds is 4. The van der Waals surface area contributed by atoms with E-state index in [1.807, 2.05) is 38.1 Å². The van der Waals surface area contributed by atoms with Crippen LogP contribution in [0, 0.1) is 13.8 Å². The van der Waals surface area contributed by atoms with Gasteiger partial charge in [0, 0.05) is 5.56 Å². The minimum atomic E-state index is -0.432. The fraction of sp³-hybridized carbons (Fsp3) is 0.375. The summed E-state index contributed by atoms with van der Waals surface area (Å²) in [4.78, 5) is 17.7. The van der Waals surface area contributed by atoms with Crippen LogP contribution >= 0.6 is 0 Å². The normalized spacial score (nSPS) is 17.9. The molecule has 1 amide bonds. The number of carbonyl (C=O) groups excluding carboxylic acids is 1. The molecule has 1 aromatic carbocycles. The molecular formula is C16H18N2O4. The standard InChI is InChI=1S/C16H18N2O4/c1-10-3-5-12(6-4-10)15-17-14(11(2)22-15)7-18-13(8-19)9-21-16(18)20/h3-6,13,19H,7-9H2,1-2H3. The molecule has 0 radical (unpaired) electrons. The Hall–Kier alpha value is -2.34. The Morgan fingerprint density at radius 1 is 1.32 bits per heavy atom. The van der Waals surface area contributed by atoms with Gasteiger partial charge in [-0.1, -0.05) is 17.7 Å². The van der Waals surface area contributed by atoms with Crippen LogP contribution in [0.1, 0.15) is 17.0 Å². The maximum atomic E-state index is 11.7. The summed E-state index contributed by atoms with van der Waals surface area (Å²) in [6.45, 7) is 4.18. The molecule has 22 heavy (non-hydrogen) atoms. The summed E-state index contributed by atoms with van der Waals surface area (Å²) in [7, 11) is 0. The number of benzene rings is 1. The lowest BCUT2D eigenvalue weighted by Gasteiger charge is -2.18. The molecule has 0 saturated carbocycles. The fourth-order valence-corrected chi connectivity index (χ4v) is 2.39. The van der Waals surface area contributed by atoms with Gasteiger partial charge in [-0.05, 0) is 26.0 Å². The van der Waals surface area contributed by atoms with E-state index < -0.39 is 6.09 Å². The molecule has 1 aliphatic heterocycles. The van der Waals surface area contributed by atoms with E-state index in [1.54, 1.807) is 0 Å². The van der Waals surface area contributed by atoms with Crippen molar-refractivity contribution in [3.8, 4) is 11.5 Å². The first kappa shape index (κ1) is 14.6. The SMILES string of the molecule is Cc1ccc(-c2nc(CN3C(=O)OCC3CO)c(C)o2)cc1. The molecule has 1 N–H and O–H groups in total. The number of aryl methyl sites for hydroxylation is 2. The van der Waals surface area contributed by atoms with Gasteiger partial charge in [0.2, 0.25) is 5.89 Å². The summed E-state index contributed by atoms with van der Waals surface area (Å²) < 4.78 is 10.7. The number of hydrogen-bond donors (Lipinski definition) is 1. The summed E-state index contributed by atoms with van der Waals surface area (Å²) in [5.74, 6) is 1.19. The molecule has 0 bridgehead atoms. The zero-order valence-corrected chi connectivity index (χ0v) is 12.6. The van der Waals surface area contributed by atoms with Crippen LogP contribution in [0.2, 0.25) is 0 Å². The van der Waals surface area contributed by atoms with E-state index in [0.29, 0.717) is 17.3 Å². The van der Waals surface area contributed by atoms with Crippen LogP contribution in [0.5, 0.6) is 0 Å². The van der Waals surface area contributed by atoms with Gasteiger partial charge in [-0.25, -0.2) is 9.78 Å². The Bertz CT molecular complexity index is 678. The Morgan fingerprint density at radius 3 is 2.73 bits per heavy atom. The second-order valence-corrected chi connectivity index (χ2v) is 5.43. The molecule has 116 valence electrons. The third kappa shape index (κ3) is 2.69. The van der Waals surface area contributed by atoms with E-state index in [1.165, 1.54) is 4.90 Å². The molecule has 0 spiro atoms. The third-order valence-electron chi connectivity index (χ3n) is 3.80. The van der Waals surface area contributed by atoms with Crippen molar-refractivity contribution in [3.63, 3.8) is 0 Å². The molecule has 6 heteroatoms. The zero-order valence-electron chi connectivity index (χ0n) is 12.6. The number of amides is 1. The van der Waals surface area contributed by atoms with Crippen molar-refractivity contribution in [1.82, 2.24) is 9.88 Å². The Balaban J connectivity index is 1.83. The van der Waals surface area contributed by atoms with E-state index in [0.717, 1.165) is 11.1 Å². The lowest BCUT2D eigenvalue weighted by molar-refractivity contribution is 0.150. The van der Waals surface area contributed by atoms with E-state index in [4.69, 9.17) is 9.15 Å². The van der Waals surface area contributed by atoms with Gasteiger partial charge in [0.1, 0.15) is 18.1 Å². The highest BCUT2D eigenvalue weighted by Crippen LogP contribution is 2.24. The minimum absolute atomic E-state index is 0.131. The molecular weight excluding hydrogens is 284 g/mol. The second kappa shape index (κ2) is 5.81. The van der Waals surface area contributed by atoms with Crippen LogP contribution in [-0.2, 0) is 11.3 Å². The minimum Gasteiger partial charge on any atom is -0.447 e. The highest BCUT2D eigenvalue weighted by Gasteiger charge is 2.33. The van der Waals surface area contributed by atoms with Crippen LogP contribution in [0.25, 0.3) is 11.5 Å². The van der Waals surface area contributed by atoms with E-state index in [9.17, 15) is 9.90 Å². The number of hydrogen-bond acceptors (Lipinski definition) is 5. The maximum absolute atomic E-state index is 11.7. The van der Waals surface area contributed by atoms with Crippen molar-refractivity contribution >= 4 is 6.09 Å². The van der Waals surface area contributed by atoms with Gasteiger partial charge in [-0.2, -0.15) is 0 Å². The quantitative estimate of drug-likeness (QED) is 0.937. The number of carbonyl (C=O) groups is 1. The Morgan fingerprint density at radius 2 is 2.05 bits per heavy atom. The highest BCUT2D eigenvalue weighted by atomic mass is 16.6. The Labute approximate surface area is 128 Å². The zero-order chi connectivity index (χ0) is 15.7. The number of aliphatic hydroxyl groups is 1. The van der Waals surface area contributed by atoms with Gasteiger partial charge in [-0.3, -0.25) is 4.90 Å². The van der Waals surface area contributed by atoms with Crippen molar-refractivity contribution in [1.29, 1.82) is 0 Å².